The zero-order chi connectivity index (χ0) is 15.9. The van der Waals surface area contributed by atoms with Gasteiger partial charge < -0.3 is 15.2 Å². The average molecular weight is 309 g/mol. The van der Waals surface area contributed by atoms with E-state index in [0.717, 1.165) is 13.0 Å². The van der Waals surface area contributed by atoms with E-state index in [0.29, 0.717) is 12.2 Å². The van der Waals surface area contributed by atoms with Crippen LogP contribution in [0.3, 0.4) is 0 Å². The summed E-state index contributed by atoms with van der Waals surface area (Å²) in [5, 5.41) is 12.7. The second-order valence-electron chi connectivity index (χ2n) is 6.44. The van der Waals surface area contributed by atoms with Crippen LogP contribution in [0.15, 0.2) is 54.1 Å². The van der Waals surface area contributed by atoms with Crippen molar-refractivity contribution < 1.29 is 14.6 Å². The van der Waals surface area contributed by atoms with Gasteiger partial charge in [-0.2, -0.15) is 0 Å². The number of carboxylic acids is 1. The van der Waals surface area contributed by atoms with Gasteiger partial charge in [-0.1, -0.05) is 48.6 Å². The van der Waals surface area contributed by atoms with E-state index in [2.05, 4.69) is 41.7 Å². The minimum absolute atomic E-state index is 0.0895. The number of rotatable bonds is 1. The van der Waals surface area contributed by atoms with E-state index in [1.807, 2.05) is 6.08 Å². The number of hydrogen-bond acceptors (Lipinski definition) is 3. The van der Waals surface area contributed by atoms with Crippen molar-refractivity contribution in [1.82, 2.24) is 5.32 Å². The van der Waals surface area contributed by atoms with Gasteiger partial charge in [0.15, 0.2) is 0 Å². The van der Waals surface area contributed by atoms with Crippen LogP contribution in [0.4, 0.5) is 0 Å². The van der Waals surface area contributed by atoms with Crippen LogP contribution < -0.4 is 5.32 Å². The third-order valence-corrected chi connectivity index (χ3v) is 4.99. The first-order valence-corrected chi connectivity index (χ1v) is 7.92. The fraction of sp³-hybridized carbons (Fsp3) is 0.316. The maximum atomic E-state index is 11.2. The molecule has 2 aliphatic carbocycles. The lowest BCUT2D eigenvalue weighted by Gasteiger charge is -2.35. The molecule has 1 spiro atoms. The Morgan fingerprint density at radius 2 is 2.17 bits per heavy atom. The Bertz CT molecular complexity index is 734. The molecular formula is C19H19NO3. The van der Waals surface area contributed by atoms with Crippen molar-refractivity contribution >= 4 is 12.0 Å². The number of fused-ring (bicyclic) bond motifs is 3. The van der Waals surface area contributed by atoms with Gasteiger partial charge in [-0.3, -0.25) is 0 Å². The van der Waals surface area contributed by atoms with E-state index < -0.39 is 5.97 Å². The molecule has 1 aliphatic heterocycles. The minimum atomic E-state index is -0.897. The molecule has 3 unspecified atom stereocenters. The van der Waals surface area contributed by atoms with E-state index in [4.69, 9.17) is 4.74 Å². The summed E-state index contributed by atoms with van der Waals surface area (Å²) in [6, 6.07) is 8.33. The predicted molar refractivity (Wildman–Crippen MR) is 88.2 cm³/mol. The van der Waals surface area contributed by atoms with Gasteiger partial charge in [0.1, 0.15) is 0 Å². The van der Waals surface area contributed by atoms with Crippen LogP contribution in [0.5, 0.6) is 0 Å². The van der Waals surface area contributed by atoms with Gasteiger partial charge in [0.2, 0.25) is 0 Å². The second-order valence-corrected chi connectivity index (χ2v) is 6.44. The van der Waals surface area contributed by atoms with Gasteiger partial charge in [-0.25, -0.2) is 4.79 Å². The van der Waals surface area contributed by atoms with Crippen LogP contribution in [-0.4, -0.2) is 36.4 Å². The number of benzene rings is 1. The summed E-state index contributed by atoms with van der Waals surface area (Å²) >= 11 is 0. The predicted octanol–water partition coefficient (Wildman–Crippen LogP) is 2.28. The van der Waals surface area contributed by atoms with Crippen LogP contribution in [0, 0.1) is 0 Å². The number of nitrogens with one attached hydrogen (secondary N) is 1. The lowest BCUT2D eigenvalue weighted by Crippen LogP contribution is -2.44. The molecular weight excluding hydrogens is 290 g/mol. The molecule has 0 bridgehead atoms. The minimum Gasteiger partial charge on any atom is -0.478 e. The van der Waals surface area contributed by atoms with E-state index in [1.165, 1.54) is 11.1 Å². The molecule has 3 aliphatic rings. The highest BCUT2D eigenvalue weighted by atomic mass is 16.5. The largest absolute Gasteiger partial charge is 0.478 e. The first-order chi connectivity index (χ1) is 11.2. The van der Waals surface area contributed by atoms with Crippen LogP contribution in [0.25, 0.3) is 6.08 Å². The number of carbonyl (C=O) groups is 1. The topological polar surface area (TPSA) is 58.6 Å². The fourth-order valence-corrected chi connectivity index (χ4v) is 3.71. The van der Waals surface area contributed by atoms with Gasteiger partial charge in [0.05, 0.1) is 24.3 Å². The lowest BCUT2D eigenvalue weighted by molar-refractivity contribution is -0.132. The highest BCUT2D eigenvalue weighted by Crippen LogP contribution is 2.38. The molecule has 1 saturated heterocycles. The van der Waals surface area contributed by atoms with Crippen molar-refractivity contribution in [3.63, 3.8) is 0 Å². The van der Waals surface area contributed by atoms with Gasteiger partial charge in [-0.05, 0) is 23.6 Å². The second kappa shape index (κ2) is 5.48. The molecule has 0 radical (unpaired) electrons. The summed E-state index contributed by atoms with van der Waals surface area (Å²) in [6.07, 6.45) is 10.4. The van der Waals surface area contributed by atoms with E-state index in [-0.39, 0.29) is 17.6 Å². The average Bonchev–Trinajstić information content (AvgIpc) is 2.76. The molecule has 3 atom stereocenters. The summed E-state index contributed by atoms with van der Waals surface area (Å²) in [7, 11) is 0. The summed E-state index contributed by atoms with van der Waals surface area (Å²) in [5.41, 5.74) is 2.78. The Labute approximate surface area is 135 Å². The van der Waals surface area contributed by atoms with E-state index in [9.17, 15) is 9.90 Å². The first-order valence-electron chi connectivity index (χ1n) is 7.92. The SMILES string of the molecule is O=C(O)C1=CC2NCC3(CC=Cc4ccccc43)COC2C=C1. The number of allylic oxidation sites excluding steroid dienone is 1. The molecule has 23 heavy (non-hydrogen) atoms. The van der Waals surface area contributed by atoms with Gasteiger partial charge in [-0.15, -0.1) is 0 Å². The third kappa shape index (κ3) is 2.44. The molecule has 1 aromatic rings. The van der Waals surface area contributed by atoms with Crippen LogP contribution in [0.2, 0.25) is 0 Å². The smallest absolute Gasteiger partial charge is 0.335 e. The summed E-state index contributed by atoms with van der Waals surface area (Å²) < 4.78 is 6.16. The zero-order valence-electron chi connectivity index (χ0n) is 12.7. The van der Waals surface area contributed by atoms with Crippen molar-refractivity contribution in [2.24, 2.45) is 0 Å². The molecule has 1 heterocycles. The Morgan fingerprint density at radius 1 is 1.30 bits per heavy atom. The van der Waals surface area contributed by atoms with E-state index in [1.54, 1.807) is 12.2 Å². The van der Waals surface area contributed by atoms with Crippen molar-refractivity contribution in [2.75, 3.05) is 13.2 Å². The molecule has 4 nitrogen and oxygen atoms in total. The number of aliphatic carboxylic acids is 1. The molecule has 4 heteroatoms. The molecule has 0 amide bonds. The van der Waals surface area contributed by atoms with Crippen molar-refractivity contribution in [3.8, 4) is 0 Å². The molecule has 0 saturated carbocycles. The summed E-state index contributed by atoms with van der Waals surface area (Å²) in [4.78, 5) is 11.2. The van der Waals surface area contributed by atoms with Crippen molar-refractivity contribution in [3.05, 3.63) is 65.3 Å². The van der Waals surface area contributed by atoms with Gasteiger partial charge in [0, 0.05) is 12.0 Å². The third-order valence-electron chi connectivity index (χ3n) is 4.99. The molecule has 1 aromatic carbocycles. The normalized spacial score (nSPS) is 31.9. The Morgan fingerprint density at radius 3 is 3.04 bits per heavy atom. The fourth-order valence-electron chi connectivity index (χ4n) is 3.71. The number of carboxylic acid groups (broad SMARTS) is 1. The molecule has 1 fully saturated rings. The molecule has 0 aromatic heterocycles. The number of ether oxygens (including phenoxy) is 1. The van der Waals surface area contributed by atoms with Gasteiger partial charge >= 0.3 is 5.97 Å². The summed E-state index contributed by atoms with van der Waals surface area (Å²) in [5.74, 6) is -0.897. The van der Waals surface area contributed by atoms with Crippen molar-refractivity contribution in [1.29, 1.82) is 0 Å². The van der Waals surface area contributed by atoms with Crippen LogP contribution in [0.1, 0.15) is 17.5 Å². The van der Waals surface area contributed by atoms with Gasteiger partial charge in [0.25, 0.3) is 0 Å². The number of hydrogen-bond donors (Lipinski definition) is 2. The first kappa shape index (κ1) is 14.4. The Hall–Kier alpha value is -2.17. The standard InChI is InChI=1S/C19H19NO3/c21-18(22)14-7-8-17-16(10-14)20-11-19(12-23-17)9-3-5-13-4-1-2-6-15(13)19/h1-8,10,16-17,20H,9,11-12H2,(H,21,22). The Balaban J connectivity index is 1.65. The maximum Gasteiger partial charge on any atom is 0.335 e. The van der Waals surface area contributed by atoms with Crippen LogP contribution >= 0.6 is 0 Å². The van der Waals surface area contributed by atoms with Crippen LogP contribution in [-0.2, 0) is 14.9 Å². The molecule has 2 N–H and O–H groups in total. The monoisotopic (exact) mass is 309 g/mol. The van der Waals surface area contributed by atoms with E-state index >= 15 is 0 Å². The zero-order valence-corrected chi connectivity index (χ0v) is 12.7. The Kier molecular flexibility index (Phi) is 3.43. The maximum absolute atomic E-state index is 11.2. The summed E-state index contributed by atoms with van der Waals surface area (Å²) in [6.45, 7) is 1.40. The van der Waals surface area contributed by atoms with Crippen molar-refractivity contribution in [2.45, 2.75) is 24.0 Å². The highest BCUT2D eigenvalue weighted by molar-refractivity contribution is 5.90. The molecule has 4 rings (SSSR count). The molecule has 118 valence electrons. The quantitative estimate of drug-likeness (QED) is 0.835. The lowest BCUT2D eigenvalue weighted by atomic mass is 9.73. The highest BCUT2D eigenvalue weighted by Gasteiger charge is 2.40.